The van der Waals surface area contributed by atoms with Gasteiger partial charge in [0.05, 0.1) is 10.4 Å². The van der Waals surface area contributed by atoms with Gasteiger partial charge in [-0.05, 0) is 45.8 Å². The van der Waals surface area contributed by atoms with E-state index in [4.69, 9.17) is 27.6 Å². The molecule has 0 radical (unpaired) electrons. The normalized spacial score (nSPS) is 12.8. The maximum Gasteiger partial charge on any atom is 0.197 e. The molecule has 0 spiro atoms. The van der Waals surface area contributed by atoms with Gasteiger partial charge in [-0.1, -0.05) is 29.8 Å². The van der Waals surface area contributed by atoms with Crippen LogP contribution in [0.5, 0.6) is 0 Å². The summed E-state index contributed by atoms with van der Waals surface area (Å²) in [7, 11) is 0. The van der Waals surface area contributed by atoms with Crippen LogP contribution in [0, 0.1) is 0 Å². The summed E-state index contributed by atoms with van der Waals surface area (Å²) in [6.45, 7) is 0. The molecule has 2 aromatic carbocycles. The van der Waals surface area contributed by atoms with E-state index in [9.17, 15) is 0 Å². The summed E-state index contributed by atoms with van der Waals surface area (Å²) < 4.78 is 6.53. The Morgan fingerprint density at radius 3 is 2.75 bits per heavy atom. The van der Waals surface area contributed by atoms with Crippen molar-refractivity contribution in [1.29, 1.82) is 0 Å². The maximum absolute atomic E-state index is 6.42. The lowest BCUT2D eigenvalue weighted by Gasteiger charge is -2.08. The van der Waals surface area contributed by atoms with Gasteiger partial charge in [0.15, 0.2) is 11.5 Å². The molecule has 2 nitrogen and oxygen atoms in total. The lowest BCUT2D eigenvalue weighted by Crippen LogP contribution is -1.96. The van der Waals surface area contributed by atoms with E-state index < -0.39 is 0 Å². The van der Waals surface area contributed by atoms with Crippen LogP contribution in [0.2, 0.25) is 5.02 Å². The Bertz CT molecular complexity index is 723. The highest BCUT2D eigenvalue weighted by molar-refractivity contribution is 9.10. The zero-order chi connectivity index (χ0) is 14.1. The predicted molar refractivity (Wildman–Crippen MR) is 85.5 cm³/mol. The van der Waals surface area contributed by atoms with Gasteiger partial charge in [0, 0.05) is 10.9 Å². The maximum atomic E-state index is 6.42. The molecule has 0 saturated carbocycles. The first-order chi connectivity index (χ1) is 9.63. The monoisotopic (exact) mass is 369 g/mol. The number of rotatable bonds is 3. The van der Waals surface area contributed by atoms with E-state index in [2.05, 4.69) is 20.9 Å². The second kappa shape index (κ2) is 5.76. The molecule has 1 aromatic heterocycles. The number of aromatic nitrogens is 1. The Morgan fingerprint density at radius 1 is 1.20 bits per heavy atom. The van der Waals surface area contributed by atoms with Gasteiger partial charge in [-0.2, -0.15) is 0 Å². The first-order valence-corrected chi connectivity index (χ1v) is 7.67. The summed E-state index contributed by atoms with van der Waals surface area (Å²) in [6.07, 6.45) is 0.522. The molecule has 3 rings (SSSR count). The molecule has 0 N–H and O–H groups in total. The molecule has 0 amide bonds. The third-order valence-electron chi connectivity index (χ3n) is 3.00. The largest absolute Gasteiger partial charge is 0.441 e. The Morgan fingerprint density at radius 2 is 2.00 bits per heavy atom. The second-order valence-corrected chi connectivity index (χ2v) is 6.21. The van der Waals surface area contributed by atoms with Crippen LogP contribution >= 0.6 is 39.1 Å². The molecule has 3 aromatic rings. The summed E-state index contributed by atoms with van der Waals surface area (Å²) in [6, 6.07) is 13.3. The van der Waals surface area contributed by atoms with Crippen LogP contribution < -0.4 is 0 Å². The number of hydrogen-bond acceptors (Lipinski definition) is 2. The number of fused-ring (bicyclic) bond motifs is 1. The molecule has 0 aliphatic carbocycles. The lowest BCUT2D eigenvalue weighted by atomic mass is 10.1. The minimum absolute atomic E-state index is 0.228. The number of oxazole rings is 1. The average Bonchev–Trinajstić information content (AvgIpc) is 2.83. The van der Waals surface area contributed by atoms with Crippen molar-refractivity contribution < 1.29 is 4.42 Å². The Kier molecular flexibility index (Phi) is 4.01. The summed E-state index contributed by atoms with van der Waals surface area (Å²) in [5, 5.41) is 0.416. The lowest BCUT2D eigenvalue weighted by molar-refractivity contribution is 0.525. The van der Waals surface area contributed by atoms with Crippen LogP contribution in [-0.2, 0) is 6.42 Å². The number of hydrogen-bond donors (Lipinski definition) is 0. The fraction of sp³-hybridized carbons (Fsp3) is 0.133. The van der Waals surface area contributed by atoms with Crippen molar-refractivity contribution >= 4 is 50.2 Å². The van der Waals surface area contributed by atoms with Crippen molar-refractivity contribution in [2.45, 2.75) is 11.8 Å². The van der Waals surface area contributed by atoms with E-state index in [0.717, 1.165) is 21.1 Å². The van der Waals surface area contributed by atoms with Crippen molar-refractivity contribution in [2.75, 3.05) is 0 Å². The summed E-state index contributed by atoms with van der Waals surface area (Å²) >= 11 is 15.9. The molecule has 5 heteroatoms. The van der Waals surface area contributed by atoms with Crippen LogP contribution in [0.15, 0.2) is 51.4 Å². The molecule has 1 atom stereocenters. The number of nitrogens with zero attached hydrogens (tertiary/aromatic N) is 1. The van der Waals surface area contributed by atoms with Crippen molar-refractivity contribution in [3.8, 4) is 0 Å². The Balaban J connectivity index is 1.84. The van der Waals surface area contributed by atoms with Crippen molar-refractivity contribution in [1.82, 2.24) is 4.98 Å². The number of halogens is 3. The van der Waals surface area contributed by atoms with Crippen LogP contribution in [0.4, 0.5) is 0 Å². The average molecular weight is 371 g/mol. The molecule has 0 fully saturated rings. The van der Waals surface area contributed by atoms with Crippen molar-refractivity contribution in [3.05, 3.63) is 63.4 Å². The molecule has 102 valence electrons. The van der Waals surface area contributed by atoms with Crippen LogP contribution in [0.1, 0.15) is 16.8 Å². The molecule has 0 aliphatic rings. The smallest absolute Gasteiger partial charge is 0.197 e. The van der Waals surface area contributed by atoms with E-state index in [1.54, 1.807) is 0 Å². The van der Waals surface area contributed by atoms with E-state index >= 15 is 0 Å². The van der Waals surface area contributed by atoms with Gasteiger partial charge in [0.1, 0.15) is 5.52 Å². The van der Waals surface area contributed by atoms with E-state index in [0.29, 0.717) is 17.3 Å². The summed E-state index contributed by atoms with van der Waals surface area (Å²) in [5.74, 6) is 0.630. The van der Waals surface area contributed by atoms with Gasteiger partial charge in [0.25, 0.3) is 0 Å². The summed E-state index contributed by atoms with van der Waals surface area (Å²) in [5.41, 5.74) is 2.57. The van der Waals surface area contributed by atoms with Crippen LogP contribution in [0.25, 0.3) is 11.1 Å². The predicted octanol–water partition coefficient (Wildman–Crippen LogP) is 5.77. The zero-order valence-electron chi connectivity index (χ0n) is 10.3. The molecular formula is C15H10BrCl2NO. The fourth-order valence-corrected chi connectivity index (χ4v) is 2.69. The Hall–Kier alpha value is -1.03. The number of para-hydroxylation sites is 2. The van der Waals surface area contributed by atoms with Crippen LogP contribution in [0.3, 0.4) is 0 Å². The van der Waals surface area contributed by atoms with Gasteiger partial charge >= 0.3 is 0 Å². The number of alkyl halides is 1. The quantitative estimate of drug-likeness (QED) is 0.547. The highest BCUT2D eigenvalue weighted by Gasteiger charge is 2.14. The zero-order valence-corrected chi connectivity index (χ0v) is 13.4. The molecule has 0 aliphatic heterocycles. The first kappa shape index (κ1) is 13.9. The van der Waals surface area contributed by atoms with Gasteiger partial charge in [-0.25, -0.2) is 4.98 Å². The third-order valence-corrected chi connectivity index (χ3v) is 4.64. The standard InChI is InChI=1S/C15H10BrCl2NO/c16-10-6-5-9(7-12(10)18)11(17)8-15-19-13-3-1-2-4-14(13)20-15/h1-7,11H,8H2. The molecule has 0 bridgehead atoms. The Labute approximate surface area is 134 Å². The van der Waals surface area contributed by atoms with Crippen molar-refractivity contribution in [3.63, 3.8) is 0 Å². The SMILES string of the molecule is Clc1cc(C(Cl)Cc2nc3ccccc3o2)ccc1Br. The third kappa shape index (κ3) is 2.85. The van der Waals surface area contributed by atoms with Gasteiger partial charge in [-0.15, -0.1) is 11.6 Å². The molecule has 1 heterocycles. The van der Waals surface area contributed by atoms with Crippen molar-refractivity contribution in [2.24, 2.45) is 0 Å². The minimum Gasteiger partial charge on any atom is -0.441 e. The summed E-state index contributed by atoms with van der Waals surface area (Å²) in [4.78, 5) is 4.42. The highest BCUT2D eigenvalue weighted by atomic mass is 79.9. The molecular weight excluding hydrogens is 361 g/mol. The van der Waals surface area contributed by atoms with Crippen LogP contribution in [-0.4, -0.2) is 4.98 Å². The minimum atomic E-state index is -0.228. The highest BCUT2D eigenvalue weighted by Crippen LogP contribution is 2.31. The first-order valence-electron chi connectivity index (χ1n) is 6.07. The van der Waals surface area contributed by atoms with Gasteiger partial charge in [-0.3, -0.25) is 0 Å². The molecule has 20 heavy (non-hydrogen) atoms. The van der Waals surface area contributed by atoms with E-state index in [1.165, 1.54) is 0 Å². The van der Waals surface area contributed by atoms with E-state index in [1.807, 2.05) is 42.5 Å². The number of benzene rings is 2. The topological polar surface area (TPSA) is 26.0 Å². The van der Waals surface area contributed by atoms with E-state index in [-0.39, 0.29) is 5.38 Å². The second-order valence-electron chi connectivity index (χ2n) is 4.42. The molecule has 0 saturated heterocycles. The fourth-order valence-electron chi connectivity index (χ4n) is 1.99. The molecule has 1 unspecified atom stereocenters. The van der Waals surface area contributed by atoms with Gasteiger partial charge < -0.3 is 4.42 Å². The van der Waals surface area contributed by atoms with Gasteiger partial charge in [0.2, 0.25) is 0 Å².